The number of fused-ring (bicyclic) bond motifs is 1. The van der Waals surface area contributed by atoms with Gasteiger partial charge in [0.05, 0.1) is 16.7 Å². The average Bonchev–Trinajstić information content (AvgIpc) is 3.01. The fourth-order valence-corrected chi connectivity index (χ4v) is 3.18. The maximum atomic E-state index is 12.5. The van der Waals surface area contributed by atoms with Crippen molar-refractivity contribution in [1.82, 2.24) is 4.90 Å². The molecule has 32 heavy (non-hydrogen) atoms. The molecule has 0 saturated carbocycles. The van der Waals surface area contributed by atoms with Crippen molar-refractivity contribution in [3.8, 4) is 0 Å². The number of benzene rings is 2. The van der Waals surface area contributed by atoms with Crippen LogP contribution in [0, 0.1) is 0 Å². The van der Waals surface area contributed by atoms with Crippen LogP contribution in [-0.4, -0.2) is 47.1 Å². The number of nitrogens with two attached hydrogens (primary N) is 1. The minimum absolute atomic E-state index is 0.0627. The molecule has 0 bridgehead atoms. The molecule has 3 rings (SSSR count). The van der Waals surface area contributed by atoms with Gasteiger partial charge in [0.15, 0.2) is 6.10 Å². The molecule has 9 nitrogen and oxygen atoms in total. The van der Waals surface area contributed by atoms with Crippen LogP contribution in [0.1, 0.15) is 68.1 Å². The molecule has 2 aromatic rings. The number of rotatable bonds is 8. The maximum absolute atomic E-state index is 12.5. The molecular weight excluding hydrogens is 414 g/mol. The quantitative estimate of drug-likeness (QED) is 0.481. The number of nitrogens with one attached hydrogen (secondary N) is 1. The van der Waals surface area contributed by atoms with Crippen LogP contribution in [0.15, 0.2) is 42.5 Å². The largest absolute Gasteiger partial charge is 0.449 e. The molecule has 1 atom stereocenters. The molecule has 0 fully saturated rings. The smallest absolute Gasteiger partial charge is 0.338 e. The molecule has 1 unspecified atom stereocenters. The summed E-state index contributed by atoms with van der Waals surface area (Å²) in [5.41, 5.74) is 6.32. The van der Waals surface area contributed by atoms with Gasteiger partial charge in [0.25, 0.3) is 17.7 Å². The Bertz CT molecular complexity index is 1090. The van der Waals surface area contributed by atoms with Gasteiger partial charge in [-0.1, -0.05) is 13.3 Å². The molecule has 166 valence electrons. The van der Waals surface area contributed by atoms with Crippen LogP contribution in [0.4, 0.5) is 5.69 Å². The monoisotopic (exact) mass is 437 g/mol. The first-order chi connectivity index (χ1) is 15.2. The molecule has 3 N–H and O–H groups in total. The lowest BCUT2D eigenvalue weighted by atomic mass is 10.1. The van der Waals surface area contributed by atoms with Gasteiger partial charge in [0.1, 0.15) is 0 Å². The number of ether oxygens (including phenoxy) is 1. The molecule has 0 radical (unpaired) electrons. The molecule has 2 aromatic carbocycles. The third-order valence-electron chi connectivity index (χ3n) is 5.03. The number of nitrogens with zero attached hydrogens (tertiary/aromatic N) is 1. The van der Waals surface area contributed by atoms with E-state index >= 15 is 0 Å². The number of imide groups is 1. The molecule has 9 heteroatoms. The van der Waals surface area contributed by atoms with Crippen molar-refractivity contribution in [3.05, 3.63) is 64.7 Å². The van der Waals surface area contributed by atoms with E-state index in [0.717, 1.165) is 6.42 Å². The molecular formula is C23H23N3O6. The number of primary amides is 1. The Morgan fingerprint density at radius 2 is 1.62 bits per heavy atom. The summed E-state index contributed by atoms with van der Waals surface area (Å²) in [4.78, 5) is 62.1. The summed E-state index contributed by atoms with van der Waals surface area (Å²) in [6.45, 7) is 3.68. The number of hydrogen-bond acceptors (Lipinski definition) is 6. The molecule has 4 amide bonds. The van der Waals surface area contributed by atoms with E-state index in [2.05, 4.69) is 5.32 Å². The van der Waals surface area contributed by atoms with Crippen molar-refractivity contribution in [2.75, 3.05) is 11.9 Å². The summed E-state index contributed by atoms with van der Waals surface area (Å²) < 4.78 is 5.21. The average molecular weight is 437 g/mol. The standard InChI is InChI=1S/C23H23N3O6/c1-3-4-11-26-21(29)17-10-7-15(12-18(17)22(26)30)23(31)32-13(2)20(28)25-16-8-5-14(6-9-16)19(24)27/h5-10,12-13H,3-4,11H2,1-2H3,(H2,24,27)(H,25,28). The number of esters is 1. The maximum Gasteiger partial charge on any atom is 0.338 e. The molecule has 1 aliphatic heterocycles. The summed E-state index contributed by atoms with van der Waals surface area (Å²) in [5.74, 6) is -2.80. The minimum Gasteiger partial charge on any atom is -0.449 e. The Labute approximate surface area is 184 Å². The lowest BCUT2D eigenvalue weighted by molar-refractivity contribution is -0.123. The van der Waals surface area contributed by atoms with Crippen LogP contribution < -0.4 is 11.1 Å². The van der Waals surface area contributed by atoms with E-state index in [9.17, 15) is 24.0 Å². The van der Waals surface area contributed by atoms with E-state index in [1.807, 2.05) is 6.92 Å². The fourth-order valence-electron chi connectivity index (χ4n) is 3.18. The summed E-state index contributed by atoms with van der Waals surface area (Å²) in [6.07, 6.45) is 0.392. The van der Waals surface area contributed by atoms with Gasteiger partial charge in [0, 0.05) is 17.8 Å². The van der Waals surface area contributed by atoms with Crippen molar-refractivity contribution in [2.45, 2.75) is 32.8 Å². The number of carbonyl (C=O) groups is 5. The van der Waals surface area contributed by atoms with Gasteiger partial charge >= 0.3 is 5.97 Å². The second-order valence-electron chi connectivity index (χ2n) is 7.35. The SMILES string of the molecule is CCCCN1C(=O)c2ccc(C(=O)OC(C)C(=O)Nc3ccc(C(N)=O)cc3)cc2C1=O. The molecule has 0 spiro atoms. The van der Waals surface area contributed by atoms with E-state index < -0.39 is 29.8 Å². The zero-order valence-electron chi connectivity index (χ0n) is 17.7. The normalized spacial score (nSPS) is 13.5. The van der Waals surface area contributed by atoms with Crippen LogP contribution in [-0.2, 0) is 9.53 Å². The van der Waals surface area contributed by atoms with E-state index in [0.29, 0.717) is 24.2 Å². The third-order valence-corrected chi connectivity index (χ3v) is 5.03. The lowest BCUT2D eigenvalue weighted by Crippen LogP contribution is -2.30. The number of unbranched alkanes of at least 4 members (excludes halogenated alkanes) is 1. The Morgan fingerprint density at radius 3 is 2.25 bits per heavy atom. The first-order valence-electron chi connectivity index (χ1n) is 10.1. The van der Waals surface area contributed by atoms with Crippen molar-refractivity contribution in [1.29, 1.82) is 0 Å². The zero-order valence-corrected chi connectivity index (χ0v) is 17.7. The molecule has 0 aliphatic carbocycles. The molecule has 1 aliphatic rings. The molecule has 0 saturated heterocycles. The second kappa shape index (κ2) is 9.42. The highest BCUT2D eigenvalue weighted by atomic mass is 16.5. The topological polar surface area (TPSA) is 136 Å². The zero-order chi connectivity index (χ0) is 23.4. The summed E-state index contributed by atoms with van der Waals surface area (Å²) in [5, 5.41) is 2.57. The van der Waals surface area contributed by atoms with Gasteiger partial charge in [-0.05, 0) is 55.8 Å². The molecule has 0 aromatic heterocycles. The van der Waals surface area contributed by atoms with E-state index in [-0.39, 0.29) is 22.6 Å². The van der Waals surface area contributed by atoms with Gasteiger partial charge in [-0.15, -0.1) is 0 Å². The number of hydrogen-bond donors (Lipinski definition) is 2. The lowest BCUT2D eigenvalue weighted by Gasteiger charge is -2.14. The number of anilines is 1. The fraction of sp³-hybridized carbons (Fsp3) is 0.261. The predicted molar refractivity (Wildman–Crippen MR) is 115 cm³/mol. The Kier molecular flexibility index (Phi) is 6.67. The first kappa shape index (κ1) is 22.7. The summed E-state index contributed by atoms with van der Waals surface area (Å²) >= 11 is 0. The van der Waals surface area contributed by atoms with Crippen molar-refractivity contribution >= 4 is 35.3 Å². The van der Waals surface area contributed by atoms with Crippen LogP contribution >= 0.6 is 0 Å². The third kappa shape index (κ3) is 4.66. The van der Waals surface area contributed by atoms with Gasteiger partial charge in [-0.25, -0.2) is 4.79 Å². The number of carbonyl (C=O) groups excluding carboxylic acids is 5. The van der Waals surface area contributed by atoms with E-state index in [1.54, 1.807) is 0 Å². The van der Waals surface area contributed by atoms with Crippen LogP contribution in [0.25, 0.3) is 0 Å². The summed E-state index contributed by atoms with van der Waals surface area (Å²) in [7, 11) is 0. The second-order valence-corrected chi connectivity index (χ2v) is 7.35. The highest BCUT2D eigenvalue weighted by Gasteiger charge is 2.35. The van der Waals surface area contributed by atoms with Gasteiger partial charge in [-0.3, -0.25) is 24.1 Å². The predicted octanol–water partition coefficient (Wildman–Crippen LogP) is 2.37. The van der Waals surface area contributed by atoms with E-state index in [4.69, 9.17) is 10.5 Å². The highest BCUT2D eigenvalue weighted by Crippen LogP contribution is 2.25. The highest BCUT2D eigenvalue weighted by molar-refractivity contribution is 6.22. The van der Waals surface area contributed by atoms with Crippen molar-refractivity contribution < 1.29 is 28.7 Å². The van der Waals surface area contributed by atoms with Gasteiger partial charge < -0.3 is 15.8 Å². The van der Waals surface area contributed by atoms with Crippen molar-refractivity contribution in [2.24, 2.45) is 5.73 Å². The van der Waals surface area contributed by atoms with Crippen LogP contribution in [0.3, 0.4) is 0 Å². The first-order valence-corrected chi connectivity index (χ1v) is 10.1. The van der Waals surface area contributed by atoms with Crippen molar-refractivity contribution in [3.63, 3.8) is 0 Å². The Morgan fingerprint density at radius 1 is 1.00 bits per heavy atom. The summed E-state index contributed by atoms with van der Waals surface area (Å²) in [6, 6.07) is 10.0. The minimum atomic E-state index is -1.13. The van der Waals surface area contributed by atoms with Crippen LogP contribution in [0.2, 0.25) is 0 Å². The van der Waals surface area contributed by atoms with Crippen LogP contribution in [0.5, 0.6) is 0 Å². The van der Waals surface area contributed by atoms with E-state index in [1.165, 1.54) is 54.3 Å². The van der Waals surface area contributed by atoms with Gasteiger partial charge in [0.2, 0.25) is 5.91 Å². The number of amides is 4. The Hall–Kier alpha value is -4.01. The molecule has 1 heterocycles. The van der Waals surface area contributed by atoms with Gasteiger partial charge in [-0.2, -0.15) is 0 Å². The Balaban J connectivity index is 1.65.